The highest BCUT2D eigenvalue weighted by Crippen LogP contribution is 2.17. The molecule has 0 unspecified atom stereocenters. The average molecular weight is 336 g/mol. The van der Waals surface area contributed by atoms with Crippen LogP contribution < -0.4 is 10.6 Å². The van der Waals surface area contributed by atoms with E-state index in [0.29, 0.717) is 11.5 Å². The van der Waals surface area contributed by atoms with Crippen molar-refractivity contribution in [3.05, 3.63) is 66.4 Å². The van der Waals surface area contributed by atoms with Crippen LogP contribution in [0.1, 0.15) is 30.5 Å². The minimum Gasteiger partial charge on any atom is -0.331 e. The third-order valence-corrected chi connectivity index (χ3v) is 3.85. The summed E-state index contributed by atoms with van der Waals surface area (Å²) < 4.78 is 1.55. The van der Waals surface area contributed by atoms with E-state index < -0.39 is 0 Å². The van der Waals surface area contributed by atoms with E-state index in [9.17, 15) is 4.79 Å². The molecule has 2 aromatic heterocycles. The van der Waals surface area contributed by atoms with Gasteiger partial charge in [0.1, 0.15) is 12.7 Å². The van der Waals surface area contributed by atoms with Crippen molar-refractivity contribution in [2.24, 2.45) is 0 Å². The van der Waals surface area contributed by atoms with Gasteiger partial charge in [-0.25, -0.2) is 19.4 Å². The van der Waals surface area contributed by atoms with Crippen molar-refractivity contribution in [1.29, 1.82) is 0 Å². The first-order chi connectivity index (χ1) is 12.2. The normalized spacial score (nSPS) is 11.8. The summed E-state index contributed by atoms with van der Waals surface area (Å²) in [6.45, 7) is 4.08. The Hall–Kier alpha value is -3.22. The van der Waals surface area contributed by atoms with E-state index in [2.05, 4.69) is 25.7 Å². The van der Waals surface area contributed by atoms with Crippen LogP contribution in [-0.4, -0.2) is 25.8 Å². The second kappa shape index (κ2) is 7.57. The summed E-state index contributed by atoms with van der Waals surface area (Å²) in [7, 11) is 0. The summed E-state index contributed by atoms with van der Waals surface area (Å²) in [5.41, 5.74) is 2.89. The van der Waals surface area contributed by atoms with Gasteiger partial charge in [-0.3, -0.25) is 0 Å². The molecule has 0 aliphatic heterocycles. The van der Waals surface area contributed by atoms with Crippen LogP contribution in [0, 0.1) is 6.92 Å². The molecule has 7 nitrogen and oxygen atoms in total. The van der Waals surface area contributed by atoms with Crippen LogP contribution in [0.4, 0.5) is 10.5 Å². The zero-order valence-corrected chi connectivity index (χ0v) is 14.2. The Morgan fingerprint density at radius 1 is 1.20 bits per heavy atom. The Bertz CT molecular complexity index is 812. The van der Waals surface area contributed by atoms with E-state index in [0.717, 1.165) is 12.0 Å². The Kier molecular flexibility index (Phi) is 5.03. The number of amides is 2. The maximum Gasteiger partial charge on any atom is 0.319 e. The molecule has 2 heterocycles. The minimum atomic E-state index is -0.261. The lowest BCUT2D eigenvalue weighted by atomic mass is 10.0. The van der Waals surface area contributed by atoms with E-state index >= 15 is 0 Å². The standard InChI is InChI=1S/C18H20N6O/c1-3-16(14-6-4-13(2)5-7-14)23-18(25)22-15-8-9-17(20-10-15)24-12-19-11-21-24/h4-12,16H,3H2,1-2H3,(H2,22,23,25)/t16-/m0/s1. The molecule has 3 rings (SSSR count). The number of nitrogens with one attached hydrogen (secondary N) is 2. The van der Waals surface area contributed by atoms with E-state index in [-0.39, 0.29) is 12.1 Å². The SMILES string of the molecule is CC[C@H](NC(=O)Nc1ccc(-n2cncn2)nc1)c1ccc(C)cc1. The Balaban J connectivity index is 1.62. The summed E-state index contributed by atoms with van der Waals surface area (Å²) in [5, 5.41) is 9.80. The van der Waals surface area contributed by atoms with E-state index in [4.69, 9.17) is 0 Å². The second-order valence-corrected chi connectivity index (χ2v) is 5.72. The van der Waals surface area contributed by atoms with Gasteiger partial charge in [-0.05, 0) is 31.0 Å². The highest BCUT2D eigenvalue weighted by Gasteiger charge is 2.12. The van der Waals surface area contributed by atoms with Gasteiger partial charge in [-0.15, -0.1) is 0 Å². The van der Waals surface area contributed by atoms with Crippen molar-refractivity contribution in [2.75, 3.05) is 5.32 Å². The van der Waals surface area contributed by atoms with E-state index in [1.807, 2.05) is 38.1 Å². The summed E-state index contributed by atoms with van der Waals surface area (Å²) in [6.07, 6.45) is 5.40. The number of carbonyl (C=O) groups is 1. The largest absolute Gasteiger partial charge is 0.331 e. The maximum absolute atomic E-state index is 12.3. The summed E-state index contributed by atoms with van der Waals surface area (Å²) >= 11 is 0. The molecule has 0 fully saturated rings. The molecule has 2 N–H and O–H groups in total. The number of hydrogen-bond acceptors (Lipinski definition) is 4. The molecule has 0 radical (unpaired) electrons. The topological polar surface area (TPSA) is 84.7 Å². The van der Waals surface area contributed by atoms with Crippen molar-refractivity contribution >= 4 is 11.7 Å². The van der Waals surface area contributed by atoms with Gasteiger partial charge in [0.25, 0.3) is 0 Å². The zero-order valence-electron chi connectivity index (χ0n) is 14.2. The van der Waals surface area contributed by atoms with Crippen LogP contribution in [0.15, 0.2) is 55.2 Å². The van der Waals surface area contributed by atoms with Gasteiger partial charge in [0.05, 0.1) is 17.9 Å². The van der Waals surface area contributed by atoms with Gasteiger partial charge in [-0.1, -0.05) is 36.8 Å². The number of aromatic nitrogens is 4. The summed E-state index contributed by atoms with van der Waals surface area (Å²) in [4.78, 5) is 20.4. The molecule has 2 amide bonds. The van der Waals surface area contributed by atoms with Crippen LogP contribution >= 0.6 is 0 Å². The molecule has 0 aliphatic rings. The predicted octanol–water partition coefficient (Wildman–Crippen LogP) is 3.24. The fourth-order valence-corrected chi connectivity index (χ4v) is 2.47. The van der Waals surface area contributed by atoms with Crippen molar-refractivity contribution in [3.63, 3.8) is 0 Å². The lowest BCUT2D eigenvalue weighted by molar-refractivity contribution is 0.248. The number of hydrogen-bond donors (Lipinski definition) is 2. The maximum atomic E-state index is 12.3. The van der Waals surface area contributed by atoms with Crippen LogP contribution in [0.2, 0.25) is 0 Å². The zero-order chi connectivity index (χ0) is 17.6. The number of anilines is 1. The van der Waals surface area contributed by atoms with Gasteiger partial charge in [0, 0.05) is 0 Å². The van der Waals surface area contributed by atoms with Crippen molar-refractivity contribution in [3.8, 4) is 5.82 Å². The first-order valence-corrected chi connectivity index (χ1v) is 8.11. The lowest BCUT2D eigenvalue weighted by Crippen LogP contribution is -2.32. The molecule has 0 aliphatic carbocycles. The van der Waals surface area contributed by atoms with Crippen LogP contribution in [0.5, 0.6) is 0 Å². The Morgan fingerprint density at radius 2 is 2.00 bits per heavy atom. The molecule has 7 heteroatoms. The van der Waals surface area contributed by atoms with Gasteiger partial charge in [-0.2, -0.15) is 5.10 Å². The van der Waals surface area contributed by atoms with Gasteiger partial charge in [0.2, 0.25) is 0 Å². The highest BCUT2D eigenvalue weighted by atomic mass is 16.2. The molecule has 1 aromatic carbocycles. The summed E-state index contributed by atoms with van der Waals surface area (Å²) in [6, 6.07) is 11.4. The number of nitrogens with zero attached hydrogens (tertiary/aromatic N) is 4. The Morgan fingerprint density at radius 3 is 2.60 bits per heavy atom. The first kappa shape index (κ1) is 16.6. The average Bonchev–Trinajstić information content (AvgIpc) is 3.16. The molecule has 0 saturated carbocycles. The number of rotatable bonds is 5. The number of carbonyl (C=O) groups excluding carboxylic acids is 1. The van der Waals surface area contributed by atoms with Crippen molar-refractivity contribution < 1.29 is 4.79 Å². The van der Waals surface area contributed by atoms with Gasteiger partial charge >= 0.3 is 6.03 Å². The number of benzene rings is 1. The van der Waals surface area contributed by atoms with E-state index in [1.54, 1.807) is 29.3 Å². The third kappa shape index (κ3) is 4.20. The number of urea groups is 1. The third-order valence-electron chi connectivity index (χ3n) is 3.85. The molecule has 0 spiro atoms. The van der Waals surface area contributed by atoms with Crippen LogP contribution in [0.25, 0.3) is 5.82 Å². The van der Waals surface area contributed by atoms with Gasteiger partial charge < -0.3 is 10.6 Å². The quantitative estimate of drug-likeness (QED) is 0.749. The molecule has 0 saturated heterocycles. The van der Waals surface area contributed by atoms with E-state index in [1.165, 1.54) is 11.9 Å². The molecule has 0 bridgehead atoms. The highest BCUT2D eigenvalue weighted by molar-refractivity contribution is 5.89. The molecular weight excluding hydrogens is 316 g/mol. The smallest absolute Gasteiger partial charge is 0.319 e. The predicted molar refractivity (Wildman–Crippen MR) is 95.5 cm³/mol. The van der Waals surface area contributed by atoms with Crippen LogP contribution in [-0.2, 0) is 0 Å². The fraction of sp³-hybridized carbons (Fsp3) is 0.222. The first-order valence-electron chi connectivity index (χ1n) is 8.11. The number of aryl methyl sites for hydroxylation is 1. The van der Waals surface area contributed by atoms with Gasteiger partial charge in [0.15, 0.2) is 5.82 Å². The lowest BCUT2D eigenvalue weighted by Gasteiger charge is -2.18. The number of pyridine rings is 1. The van der Waals surface area contributed by atoms with Crippen molar-refractivity contribution in [1.82, 2.24) is 25.1 Å². The second-order valence-electron chi connectivity index (χ2n) is 5.72. The monoisotopic (exact) mass is 336 g/mol. The van der Waals surface area contributed by atoms with Crippen molar-refractivity contribution in [2.45, 2.75) is 26.3 Å². The molecule has 3 aromatic rings. The molecule has 128 valence electrons. The summed E-state index contributed by atoms with van der Waals surface area (Å²) in [5.74, 6) is 0.634. The molecule has 1 atom stereocenters. The Labute approximate surface area is 146 Å². The minimum absolute atomic E-state index is 0.0389. The molecule has 25 heavy (non-hydrogen) atoms. The van der Waals surface area contributed by atoms with Crippen LogP contribution in [0.3, 0.4) is 0 Å². The fourth-order valence-electron chi connectivity index (χ4n) is 2.47. The molecular formula is C18H20N6O.